The van der Waals surface area contributed by atoms with Crippen LogP contribution in [-0.2, 0) is 16.1 Å². The van der Waals surface area contributed by atoms with Crippen molar-refractivity contribution in [2.75, 3.05) is 4.90 Å². The van der Waals surface area contributed by atoms with Gasteiger partial charge in [-0.3, -0.25) is 19.3 Å². The molecule has 5 rings (SSSR count). The molecule has 6 nitrogen and oxygen atoms in total. The van der Waals surface area contributed by atoms with Crippen molar-refractivity contribution in [3.05, 3.63) is 65.7 Å². The van der Waals surface area contributed by atoms with Gasteiger partial charge in [0.05, 0.1) is 11.3 Å². The number of nitrogens with one attached hydrogen (secondary N) is 1. The molecule has 0 bridgehead atoms. The lowest BCUT2D eigenvalue weighted by Crippen LogP contribution is -2.70. The van der Waals surface area contributed by atoms with Gasteiger partial charge in [-0.25, -0.2) is 0 Å². The van der Waals surface area contributed by atoms with Crippen molar-refractivity contribution in [1.29, 1.82) is 0 Å². The standard InChI is InChI=1S/C24H25N3O3/c28-21-14-15-24(23(30)25-18-10-4-5-11-18)26(16-17-8-2-1-3-9-17)22(29)19-12-6-7-13-20(19)27(21)24/h1-3,6-9,12-13,18H,4-5,10-11,14-16H2,(H,25,30). The highest BCUT2D eigenvalue weighted by Crippen LogP contribution is 2.45. The van der Waals surface area contributed by atoms with Crippen LogP contribution in [0.3, 0.4) is 0 Å². The van der Waals surface area contributed by atoms with E-state index in [-0.39, 0.29) is 36.7 Å². The molecule has 30 heavy (non-hydrogen) atoms. The lowest BCUT2D eigenvalue weighted by atomic mass is 9.94. The van der Waals surface area contributed by atoms with E-state index in [1.54, 1.807) is 28.0 Å². The summed E-state index contributed by atoms with van der Waals surface area (Å²) in [5.41, 5.74) is 0.613. The van der Waals surface area contributed by atoms with E-state index in [1.165, 1.54) is 0 Å². The van der Waals surface area contributed by atoms with E-state index in [9.17, 15) is 14.4 Å². The van der Waals surface area contributed by atoms with Gasteiger partial charge in [0.1, 0.15) is 0 Å². The zero-order chi connectivity index (χ0) is 20.7. The maximum Gasteiger partial charge on any atom is 0.267 e. The fourth-order valence-electron chi connectivity index (χ4n) is 5.14. The minimum Gasteiger partial charge on any atom is -0.350 e. The second-order valence-electron chi connectivity index (χ2n) is 8.39. The van der Waals surface area contributed by atoms with E-state index in [1.807, 2.05) is 36.4 Å². The predicted octanol–water partition coefficient (Wildman–Crippen LogP) is 3.22. The molecule has 1 unspecified atom stereocenters. The molecule has 6 heteroatoms. The molecular formula is C24H25N3O3. The molecule has 2 aliphatic heterocycles. The zero-order valence-electron chi connectivity index (χ0n) is 16.8. The number of amides is 3. The molecule has 1 saturated heterocycles. The van der Waals surface area contributed by atoms with Crippen LogP contribution in [0.4, 0.5) is 5.69 Å². The Labute approximate surface area is 175 Å². The Morgan fingerprint density at radius 1 is 1.00 bits per heavy atom. The highest BCUT2D eigenvalue weighted by atomic mass is 16.2. The van der Waals surface area contributed by atoms with Crippen LogP contribution in [0.2, 0.25) is 0 Å². The molecular weight excluding hydrogens is 378 g/mol. The maximum absolute atomic E-state index is 13.8. The number of rotatable bonds is 4. The van der Waals surface area contributed by atoms with Crippen molar-refractivity contribution in [2.45, 2.75) is 56.8 Å². The Morgan fingerprint density at radius 2 is 1.70 bits per heavy atom. The fourth-order valence-corrected chi connectivity index (χ4v) is 5.14. The Hall–Kier alpha value is -3.15. The Bertz CT molecular complexity index is 1000. The van der Waals surface area contributed by atoms with E-state index in [0.717, 1.165) is 31.2 Å². The van der Waals surface area contributed by atoms with Crippen molar-refractivity contribution in [1.82, 2.24) is 10.2 Å². The predicted molar refractivity (Wildman–Crippen MR) is 113 cm³/mol. The summed E-state index contributed by atoms with van der Waals surface area (Å²) in [5, 5.41) is 3.17. The number of hydrogen-bond donors (Lipinski definition) is 1. The summed E-state index contributed by atoms with van der Waals surface area (Å²) in [5.74, 6) is -0.560. The molecule has 2 aromatic rings. The summed E-state index contributed by atoms with van der Waals surface area (Å²) >= 11 is 0. The quantitative estimate of drug-likeness (QED) is 0.852. The van der Waals surface area contributed by atoms with Crippen molar-refractivity contribution < 1.29 is 14.4 Å². The van der Waals surface area contributed by atoms with Crippen LogP contribution < -0.4 is 10.2 Å². The number of carbonyl (C=O) groups excluding carboxylic acids is 3. The third-order valence-corrected chi connectivity index (χ3v) is 6.61. The van der Waals surface area contributed by atoms with E-state index >= 15 is 0 Å². The largest absolute Gasteiger partial charge is 0.350 e. The second kappa shape index (κ2) is 7.27. The molecule has 2 heterocycles. The fraction of sp³-hybridized carbons (Fsp3) is 0.375. The van der Waals surface area contributed by atoms with E-state index in [2.05, 4.69) is 5.32 Å². The first kappa shape index (κ1) is 18.9. The van der Waals surface area contributed by atoms with Gasteiger partial charge in [-0.1, -0.05) is 55.3 Å². The summed E-state index contributed by atoms with van der Waals surface area (Å²) in [4.78, 5) is 43.6. The van der Waals surface area contributed by atoms with Crippen LogP contribution in [0.15, 0.2) is 54.6 Å². The molecule has 1 atom stereocenters. The average Bonchev–Trinajstić information content (AvgIpc) is 3.40. The van der Waals surface area contributed by atoms with Crippen LogP contribution in [0.1, 0.15) is 54.4 Å². The number of para-hydroxylation sites is 1. The molecule has 3 amide bonds. The van der Waals surface area contributed by atoms with E-state index in [4.69, 9.17) is 0 Å². The van der Waals surface area contributed by atoms with E-state index < -0.39 is 5.66 Å². The van der Waals surface area contributed by atoms with Crippen molar-refractivity contribution in [3.8, 4) is 0 Å². The number of anilines is 1. The summed E-state index contributed by atoms with van der Waals surface area (Å²) in [6.45, 7) is 0.274. The minimum atomic E-state index is -1.32. The molecule has 2 aromatic carbocycles. The van der Waals surface area contributed by atoms with Gasteiger partial charge < -0.3 is 10.2 Å². The second-order valence-corrected chi connectivity index (χ2v) is 8.39. The Morgan fingerprint density at radius 3 is 2.47 bits per heavy atom. The van der Waals surface area contributed by atoms with Crippen molar-refractivity contribution >= 4 is 23.4 Å². The van der Waals surface area contributed by atoms with Crippen LogP contribution in [0, 0.1) is 0 Å². The van der Waals surface area contributed by atoms with E-state index in [0.29, 0.717) is 17.7 Å². The summed E-state index contributed by atoms with van der Waals surface area (Å²) in [7, 11) is 0. The van der Waals surface area contributed by atoms with Crippen LogP contribution in [0.5, 0.6) is 0 Å². The molecule has 3 aliphatic rings. The highest BCUT2D eigenvalue weighted by Gasteiger charge is 2.60. The average molecular weight is 403 g/mol. The molecule has 1 saturated carbocycles. The van der Waals surface area contributed by atoms with Gasteiger partial charge in [0, 0.05) is 25.4 Å². The maximum atomic E-state index is 13.8. The summed E-state index contributed by atoms with van der Waals surface area (Å²) < 4.78 is 0. The van der Waals surface area contributed by atoms with Gasteiger partial charge in [0.25, 0.3) is 11.8 Å². The van der Waals surface area contributed by atoms with Crippen molar-refractivity contribution in [3.63, 3.8) is 0 Å². The molecule has 0 spiro atoms. The number of hydrogen-bond acceptors (Lipinski definition) is 3. The van der Waals surface area contributed by atoms with Gasteiger partial charge in [-0.05, 0) is 30.5 Å². The summed E-state index contributed by atoms with van der Waals surface area (Å²) in [6.07, 6.45) is 4.62. The van der Waals surface area contributed by atoms with Gasteiger partial charge in [0.15, 0.2) is 0 Å². The number of benzene rings is 2. The third kappa shape index (κ3) is 2.82. The molecule has 1 N–H and O–H groups in total. The van der Waals surface area contributed by atoms with Crippen LogP contribution >= 0.6 is 0 Å². The monoisotopic (exact) mass is 403 g/mol. The molecule has 0 radical (unpaired) electrons. The normalized spacial score (nSPS) is 23.5. The number of fused-ring (bicyclic) bond motifs is 3. The van der Waals surface area contributed by atoms with Crippen molar-refractivity contribution in [2.24, 2.45) is 0 Å². The number of carbonyl (C=O) groups is 3. The Kier molecular flexibility index (Phi) is 4.57. The number of nitrogens with zero attached hydrogens (tertiary/aromatic N) is 2. The zero-order valence-corrected chi connectivity index (χ0v) is 16.8. The first-order chi connectivity index (χ1) is 14.6. The molecule has 1 aliphatic carbocycles. The first-order valence-electron chi connectivity index (χ1n) is 10.7. The lowest BCUT2D eigenvalue weighted by molar-refractivity contribution is -0.134. The smallest absolute Gasteiger partial charge is 0.267 e. The Balaban J connectivity index is 1.63. The van der Waals surface area contributed by atoms with Gasteiger partial charge in [-0.2, -0.15) is 0 Å². The molecule has 0 aromatic heterocycles. The summed E-state index contributed by atoms with van der Waals surface area (Å²) in [6, 6.07) is 16.9. The van der Waals surface area contributed by atoms with Gasteiger partial charge >= 0.3 is 0 Å². The lowest BCUT2D eigenvalue weighted by Gasteiger charge is -2.49. The highest BCUT2D eigenvalue weighted by molar-refractivity contribution is 6.16. The minimum absolute atomic E-state index is 0.107. The molecule has 154 valence electrons. The van der Waals surface area contributed by atoms with Crippen LogP contribution in [-0.4, -0.2) is 34.3 Å². The SMILES string of the molecule is O=C1c2ccccc2N2C(=O)CCC2(C(=O)NC2CCCC2)N1Cc1ccccc1. The third-order valence-electron chi connectivity index (χ3n) is 6.61. The van der Waals surface area contributed by atoms with Gasteiger partial charge in [-0.15, -0.1) is 0 Å². The van der Waals surface area contributed by atoms with Crippen LogP contribution in [0.25, 0.3) is 0 Å². The molecule has 2 fully saturated rings. The van der Waals surface area contributed by atoms with Gasteiger partial charge in [0.2, 0.25) is 11.6 Å². The topological polar surface area (TPSA) is 69.7 Å². The first-order valence-corrected chi connectivity index (χ1v) is 10.7.